The van der Waals surface area contributed by atoms with E-state index in [-0.39, 0.29) is 5.82 Å². The number of benzene rings is 2. The number of halogens is 1. The molecule has 0 N–H and O–H groups in total. The third kappa shape index (κ3) is 3.43. The molecule has 0 aliphatic carbocycles. The first kappa shape index (κ1) is 11.9. The molecule has 0 saturated carbocycles. The van der Waals surface area contributed by atoms with Gasteiger partial charge in [0.2, 0.25) is 0 Å². The number of thioether (sulfide) groups is 1. The average Bonchev–Trinajstić information content (AvgIpc) is 2.39. The zero-order valence-electron chi connectivity index (χ0n) is 9.43. The molecular weight excluding hydrogens is 233 g/mol. The van der Waals surface area contributed by atoms with Crippen LogP contribution in [0.2, 0.25) is 0 Å². The second-order valence-electron chi connectivity index (χ2n) is 3.51. The maximum atomic E-state index is 12.7. The third-order valence-corrected chi connectivity index (χ3v) is 3.05. The Bertz CT molecular complexity index is 503. The molecule has 0 amide bonds. The smallest absolute Gasteiger partial charge is 0.123 e. The minimum Gasteiger partial charge on any atom is -0.256 e. The molecule has 2 rings (SSSR count). The molecule has 3 heteroatoms. The monoisotopic (exact) mass is 245 g/mol. The van der Waals surface area contributed by atoms with Gasteiger partial charge in [0.15, 0.2) is 0 Å². The number of rotatable bonds is 3. The number of hydrogen-bond donors (Lipinski definition) is 0. The van der Waals surface area contributed by atoms with Crippen molar-refractivity contribution in [2.75, 3.05) is 6.26 Å². The lowest BCUT2D eigenvalue weighted by Crippen LogP contribution is -1.80. The summed E-state index contributed by atoms with van der Waals surface area (Å²) in [7, 11) is 0. The molecule has 2 aromatic rings. The Morgan fingerprint density at radius 2 is 1.65 bits per heavy atom. The molecule has 0 unspecified atom stereocenters. The van der Waals surface area contributed by atoms with Crippen molar-refractivity contribution < 1.29 is 4.39 Å². The van der Waals surface area contributed by atoms with Crippen LogP contribution in [0, 0.1) is 5.82 Å². The molecule has 17 heavy (non-hydrogen) atoms. The highest BCUT2D eigenvalue weighted by atomic mass is 32.2. The molecule has 1 nitrogen and oxygen atoms in total. The van der Waals surface area contributed by atoms with Gasteiger partial charge in [-0.1, -0.05) is 12.1 Å². The van der Waals surface area contributed by atoms with Crippen LogP contribution in [0.25, 0.3) is 0 Å². The maximum absolute atomic E-state index is 12.7. The SMILES string of the molecule is CSc1ccc(N=Cc2ccc(F)cc2)cc1. The molecule has 0 radical (unpaired) electrons. The van der Waals surface area contributed by atoms with Gasteiger partial charge in [-0.3, -0.25) is 4.99 Å². The van der Waals surface area contributed by atoms with Crippen molar-refractivity contribution in [3.63, 3.8) is 0 Å². The number of nitrogens with zero attached hydrogens (tertiary/aromatic N) is 1. The first-order chi connectivity index (χ1) is 8.28. The average molecular weight is 245 g/mol. The van der Waals surface area contributed by atoms with Crippen molar-refractivity contribution >= 4 is 23.7 Å². The van der Waals surface area contributed by atoms with E-state index in [1.54, 1.807) is 30.1 Å². The standard InChI is InChI=1S/C14H12FNS/c1-17-14-8-6-13(7-9-14)16-10-11-2-4-12(15)5-3-11/h2-10H,1H3. The van der Waals surface area contributed by atoms with Crippen LogP contribution in [-0.2, 0) is 0 Å². The Balaban J connectivity index is 2.11. The van der Waals surface area contributed by atoms with Crippen LogP contribution < -0.4 is 0 Å². The van der Waals surface area contributed by atoms with E-state index in [1.807, 2.05) is 30.5 Å². The summed E-state index contributed by atoms with van der Waals surface area (Å²) in [5.41, 5.74) is 1.78. The van der Waals surface area contributed by atoms with Gasteiger partial charge in [-0.2, -0.15) is 0 Å². The number of aliphatic imine (C=N–C) groups is 1. The molecule has 0 fully saturated rings. The maximum Gasteiger partial charge on any atom is 0.123 e. The van der Waals surface area contributed by atoms with E-state index < -0.39 is 0 Å². The van der Waals surface area contributed by atoms with Gasteiger partial charge in [-0.05, 0) is 48.2 Å². The first-order valence-corrected chi connectivity index (χ1v) is 6.44. The number of hydrogen-bond acceptors (Lipinski definition) is 2. The Labute approximate surface area is 104 Å². The zero-order chi connectivity index (χ0) is 12.1. The highest BCUT2D eigenvalue weighted by molar-refractivity contribution is 7.98. The fourth-order valence-corrected chi connectivity index (χ4v) is 1.77. The lowest BCUT2D eigenvalue weighted by atomic mass is 10.2. The minimum absolute atomic E-state index is 0.230. The lowest BCUT2D eigenvalue weighted by Gasteiger charge is -1.97. The van der Waals surface area contributed by atoms with Gasteiger partial charge in [-0.25, -0.2) is 4.39 Å². The Morgan fingerprint density at radius 1 is 1.00 bits per heavy atom. The van der Waals surface area contributed by atoms with Crippen molar-refractivity contribution in [3.8, 4) is 0 Å². The summed E-state index contributed by atoms with van der Waals surface area (Å²) in [6, 6.07) is 14.3. The van der Waals surface area contributed by atoms with Crippen LogP contribution >= 0.6 is 11.8 Å². The second-order valence-corrected chi connectivity index (χ2v) is 4.39. The Kier molecular flexibility index (Phi) is 3.94. The van der Waals surface area contributed by atoms with Crippen LogP contribution in [0.15, 0.2) is 58.4 Å². The zero-order valence-corrected chi connectivity index (χ0v) is 10.2. The largest absolute Gasteiger partial charge is 0.256 e. The quantitative estimate of drug-likeness (QED) is 0.580. The van der Waals surface area contributed by atoms with Crippen LogP contribution in [0.4, 0.5) is 10.1 Å². The van der Waals surface area contributed by atoms with Crippen LogP contribution in [-0.4, -0.2) is 12.5 Å². The molecule has 0 aliphatic heterocycles. The predicted octanol–water partition coefficient (Wildman–Crippen LogP) is 4.30. The van der Waals surface area contributed by atoms with E-state index >= 15 is 0 Å². The van der Waals surface area contributed by atoms with Crippen LogP contribution in [0.1, 0.15) is 5.56 Å². The van der Waals surface area contributed by atoms with Gasteiger partial charge in [-0.15, -0.1) is 11.8 Å². The van der Waals surface area contributed by atoms with Gasteiger partial charge in [0.1, 0.15) is 5.82 Å². The molecule has 0 aliphatic rings. The topological polar surface area (TPSA) is 12.4 Å². The summed E-state index contributed by atoms with van der Waals surface area (Å²) < 4.78 is 12.7. The van der Waals surface area contributed by atoms with Crippen molar-refractivity contribution in [1.82, 2.24) is 0 Å². The van der Waals surface area contributed by atoms with Gasteiger partial charge in [0.25, 0.3) is 0 Å². The normalized spacial score (nSPS) is 10.9. The summed E-state index contributed by atoms with van der Waals surface area (Å²) in [6.07, 6.45) is 3.77. The first-order valence-electron chi connectivity index (χ1n) is 5.21. The molecule has 0 spiro atoms. The second kappa shape index (κ2) is 5.64. The molecule has 86 valence electrons. The highest BCUT2D eigenvalue weighted by Gasteiger charge is 1.92. The minimum atomic E-state index is -0.230. The molecule has 0 bridgehead atoms. The fourth-order valence-electron chi connectivity index (χ4n) is 1.37. The Hall–Kier alpha value is -1.61. The summed E-state index contributed by atoms with van der Waals surface area (Å²) in [6.45, 7) is 0. The third-order valence-electron chi connectivity index (χ3n) is 2.31. The highest BCUT2D eigenvalue weighted by Crippen LogP contribution is 2.19. The lowest BCUT2D eigenvalue weighted by molar-refractivity contribution is 0.628. The molecular formula is C14H12FNS. The van der Waals surface area contributed by atoms with Crippen molar-refractivity contribution in [3.05, 3.63) is 59.9 Å². The molecule has 0 heterocycles. The van der Waals surface area contributed by atoms with E-state index in [0.717, 1.165) is 11.3 Å². The fraction of sp³-hybridized carbons (Fsp3) is 0.0714. The van der Waals surface area contributed by atoms with Gasteiger partial charge >= 0.3 is 0 Å². The van der Waals surface area contributed by atoms with Crippen molar-refractivity contribution in [1.29, 1.82) is 0 Å². The van der Waals surface area contributed by atoms with E-state index in [9.17, 15) is 4.39 Å². The summed E-state index contributed by atoms with van der Waals surface area (Å²) >= 11 is 1.70. The molecule has 0 saturated heterocycles. The Morgan fingerprint density at radius 3 is 2.24 bits per heavy atom. The van der Waals surface area contributed by atoms with Gasteiger partial charge in [0.05, 0.1) is 5.69 Å². The van der Waals surface area contributed by atoms with Crippen molar-refractivity contribution in [2.24, 2.45) is 4.99 Å². The van der Waals surface area contributed by atoms with Crippen molar-refractivity contribution in [2.45, 2.75) is 4.90 Å². The van der Waals surface area contributed by atoms with Gasteiger partial charge in [0, 0.05) is 11.1 Å². The van der Waals surface area contributed by atoms with E-state index in [4.69, 9.17) is 0 Å². The van der Waals surface area contributed by atoms with E-state index in [0.29, 0.717) is 0 Å². The van der Waals surface area contributed by atoms with E-state index in [1.165, 1.54) is 17.0 Å². The summed E-state index contributed by atoms with van der Waals surface area (Å²) in [5.74, 6) is -0.230. The predicted molar refractivity (Wildman–Crippen MR) is 71.9 cm³/mol. The van der Waals surface area contributed by atoms with Gasteiger partial charge < -0.3 is 0 Å². The molecule has 0 atom stereocenters. The summed E-state index contributed by atoms with van der Waals surface area (Å²) in [4.78, 5) is 5.54. The van der Waals surface area contributed by atoms with Crippen LogP contribution in [0.5, 0.6) is 0 Å². The summed E-state index contributed by atoms with van der Waals surface area (Å²) in [5, 5.41) is 0. The van der Waals surface area contributed by atoms with Crippen LogP contribution in [0.3, 0.4) is 0 Å². The van der Waals surface area contributed by atoms with E-state index in [2.05, 4.69) is 4.99 Å². The molecule has 2 aromatic carbocycles. The molecule has 0 aromatic heterocycles.